The van der Waals surface area contributed by atoms with Crippen molar-refractivity contribution >= 4 is 11.8 Å². The van der Waals surface area contributed by atoms with Crippen LogP contribution in [-0.2, 0) is 13.1 Å². The fourth-order valence-corrected chi connectivity index (χ4v) is 2.93. The Hall–Kier alpha value is -2.32. The Morgan fingerprint density at radius 1 is 0.821 bits per heavy atom. The van der Waals surface area contributed by atoms with E-state index < -0.39 is 0 Å². The van der Waals surface area contributed by atoms with Gasteiger partial charge >= 0.3 is 23.2 Å². The van der Waals surface area contributed by atoms with Crippen LogP contribution in [0.5, 0.6) is 0 Å². The van der Waals surface area contributed by atoms with Gasteiger partial charge in [-0.2, -0.15) is 0 Å². The number of hydrogen-bond acceptors (Lipinski definition) is 6. The van der Waals surface area contributed by atoms with Crippen LogP contribution in [0.4, 0.5) is 11.8 Å². The molecule has 0 saturated carbocycles. The molecule has 3 rings (SSSR count). The topological polar surface area (TPSA) is 112 Å². The molecule has 154 valence electrons. The number of hydrogen-bond donors (Lipinski definition) is 2. The van der Waals surface area contributed by atoms with Gasteiger partial charge in [0.1, 0.15) is 0 Å². The molecule has 4 N–H and O–H groups in total. The average Bonchev–Trinajstić information content (AvgIpc) is 3.20. The van der Waals surface area contributed by atoms with Crippen molar-refractivity contribution in [2.24, 2.45) is 0 Å². The van der Waals surface area contributed by atoms with E-state index >= 15 is 0 Å². The van der Waals surface area contributed by atoms with Gasteiger partial charge in [0, 0.05) is 12.8 Å². The molecule has 3 aromatic rings. The van der Waals surface area contributed by atoms with Crippen molar-refractivity contribution in [3.05, 3.63) is 24.3 Å². The van der Waals surface area contributed by atoms with Crippen molar-refractivity contribution in [2.75, 3.05) is 11.5 Å². The number of halogens is 2. The minimum Gasteiger partial charge on any atom is -1.00 e. The molecule has 0 amide bonds. The maximum Gasteiger partial charge on any atom is 0.304 e. The van der Waals surface area contributed by atoms with E-state index in [-0.39, 0.29) is 24.8 Å². The first-order chi connectivity index (χ1) is 12.7. The van der Waals surface area contributed by atoms with E-state index in [4.69, 9.17) is 20.5 Å². The molecule has 0 bridgehead atoms. The summed E-state index contributed by atoms with van der Waals surface area (Å²) >= 11 is 0. The third-order valence-corrected chi connectivity index (χ3v) is 4.31. The molecule has 1 aromatic carbocycles. The Bertz CT molecular complexity index is 813. The number of anilines is 2. The number of nitrogen functional groups attached to an aromatic ring is 2. The van der Waals surface area contributed by atoms with Gasteiger partial charge in [-0.05, 0) is 27.6 Å². The zero-order chi connectivity index (χ0) is 18.5. The van der Waals surface area contributed by atoms with Gasteiger partial charge in [0.25, 0.3) is 0 Å². The molecule has 0 unspecified atom stereocenters. The standard InChI is InChI=1S/C18H26N6O2.2ClH/c1-3-5-10-23-15(17(19)25-21-23)13-8-7-9-14(12-13)16-18(20)26-22-24(16)11-6-4-2;;/h7-9,12H,3-6,10-11,19-20H2,1-2H3;2*1H/q+2;;/p-2. The first-order valence-electron chi connectivity index (χ1n) is 9.07. The second kappa shape index (κ2) is 10.9. The Morgan fingerprint density at radius 3 is 1.64 bits per heavy atom. The molecule has 2 aromatic heterocycles. The summed E-state index contributed by atoms with van der Waals surface area (Å²) in [4.78, 5) is 0. The number of rotatable bonds is 8. The van der Waals surface area contributed by atoms with Crippen molar-refractivity contribution < 1.29 is 43.2 Å². The highest BCUT2D eigenvalue weighted by atomic mass is 35.5. The summed E-state index contributed by atoms with van der Waals surface area (Å²) in [5, 5.41) is 8.11. The van der Waals surface area contributed by atoms with E-state index in [0.29, 0.717) is 11.8 Å². The van der Waals surface area contributed by atoms with E-state index in [9.17, 15) is 0 Å². The Labute approximate surface area is 176 Å². The Morgan fingerprint density at radius 2 is 1.25 bits per heavy atom. The summed E-state index contributed by atoms with van der Waals surface area (Å²) in [6.45, 7) is 5.77. The van der Waals surface area contributed by atoms with Crippen molar-refractivity contribution in [3.8, 4) is 22.5 Å². The molecule has 0 saturated heterocycles. The fourth-order valence-electron chi connectivity index (χ4n) is 2.93. The molecule has 0 fully saturated rings. The molecule has 0 radical (unpaired) electrons. The summed E-state index contributed by atoms with van der Waals surface area (Å²) < 4.78 is 14.0. The molecule has 2 heterocycles. The lowest BCUT2D eigenvalue weighted by Crippen LogP contribution is -3.00. The Kier molecular flexibility index (Phi) is 9.21. The third-order valence-electron chi connectivity index (χ3n) is 4.31. The van der Waals surface area contributed by atoms with Crippen LogP contribution in [0.15, 0.2) is 33.3 Å². The predicted molar refractivity (Wildman–Crippen MR) is 96.5 cm³/mol. The number of nitrogens with two attached hydrogens (primary N) is 2. The van der Waals surface area contributed by atoms with Gasteiger partial charge in [0.05, 0.1) is 11.1 Å². The lowest BCUT2D eigenvalue weighted by Gasteiger charge is -2.00. The second-order valence-electron chi connectivity index (χ2n) is 6.31. The van der Waals surface area contributed by atoms with Gasteiger partial charge in [0.15, 0.2) is 13.1 Å². The van der Waals surface area contributed by atoms with Crippen LogP contribution in [-0.4, -0.2) is 10.5 Å². The average molecular weight is 429 g/mol. The number of aryl methyl sites for hydroxylation is 2. The quantitative estimate of drug-likeness (QED) is 0.357. The molecule has 0 spiro atoms. The van der Waals surface area contributed by atoms with Crippen molar-refractivity contribution in [1.82, 2.24) is 10.5 Å². The first kappa shape index (κ1) is 23.7. The van der Waals surface area contributed by atoms with Gasteiger partial charge in [-0.1, -0.05) is 32.8 Å². The molecule has 28 heavy (non-hydrogen) atoms. The molecule has 0 aliphatic heterocycles. The number of aromatic nitrogens is 4. The van der Waals surface area contributed by atoms with Crippen LogP contribution >= 0.6 is 0 Å². The maximum absolute atomic E-state index is 6.03. The lowest BCUT2D eigenvalue weighted by molar-refractivity contribution is -0.753. The summed E-state index contributed by atoms with van der Waals surface area (Å²) in [5.74, 6) is 0.603. The van der Waals surface area contributed by atoms with Crippen LogP contribution in [0.25, 0.3) is 22.5 Å². The van der Waals surface area contributed by atoms with E-state index in [1.54, 1.807) is 9.36 Å². The lowest BCUT2D eigenvalue weighted by atomic mass is 10.1. The van der Waals surface area contributed by atoms with Crippen molar-refractivity contribution in [1.29, 1.82) is 0 Å². The van der Waals surface area contributed by atoms with Gasteiger partial charge in [-0.25, -0.2) is 0 Å². The summed E-state index contributed by atoms with van der Waals surface area (Å²) in [6.07, 6.45) is 4.12. The molecule has 8 nitrogen and oxygen atoms in total. The first-order valence-corrected chi connectivity index (χ1v) is 9.07. The van der Waals surface area contributed by atoms with Gasteiger partial charge in [-0.15, -0.1) is 0 Å². The monoisotopic (exact) mass is 428 g/mol. The van der Waals surface area contributed by atoms with Crippen molar-refractivity contribution in [2.45, 2.75) is 52.6 Å². The smallest absolute Gasteiger partial charge is 0.304 e. The number of nitrogens with zero attached hydrogens (tertiary/aromatic N) is 4. The molecule has 0 aliphatic rings. The highest BCUT2D eigenvalue weighted by molar-refractivity contribution is 5.74. The molecule has 0 atom stereocenters. The molecular formula is C18H26Cl2N6O2. The normalized spacial score (nSPS) is 10.4. The van der Waals surface area contributed by atoms with Crippen LogP contribution in [0, 0.1) is 0 Å². The number of benzene rings is 1. The van der Waals surface area contributed by atoms with Gasteiger partial charge in [-0.3, -0.25) is 9.05 Å². The molecule has 0 aliphatic carbocycles. The Balaban J connectivity index is 0.00000196. The predicted octanol–water partition coefficient (Wildman–Crippen LogP) is -3.66. The van der Waals surface area contributed by atoms with E-state index in [1.807, 2.05) is 24.3 Å². The molecular weight excluding hydrogens is 403 g/mol. The summed E-state index contributed by atoms with van der Waals surface area (Å²) in [6, 6.07) is 7.93. The van der Waals surface area contributed by atoms with Crippen LogP contribution in [0.2, 0.25) is 0 Å². The van der Waals surface area contributed by atoms with Crippen LogP contribution in [0.3, 0.4) is 0 Å². The maximum atomic E-state index is 6.03. The van der Waals surface area contributed by atoms with Crippen molar-refractivity contribution in [3.63, 3.8) is 0 Å². The zero-order valence-electron chi connectivity index (χ0n) is 16.1. The highest BCUT2D eigenvalue weighted by Crippen LogP contribution is 2.28. The van der Waals surface area contributed by atoms with Gasteiger partial charge < -0.3 is 36.3 Å². The fraction of sp³-hybridized carbons (Fsp3) is 0.444. The largest absolute Gasteiger partial charge is 1.00 e. The van der Waals surface area contributed by atoms with Crippen LogP contribution < -0.4 is 45.6 Å². The minimum absolute atomic E-state index is 0. The highest BCUT2D eigenvalue weighted by Gasteiger charge is 2.28. The number of unbranched alkanes of at least 4 members (excludes halogenated alkanes) is 2. The van der Waals surface area contributed by atoms with E-state index in [0.717, 1.165) is 61.3 Å². The van der Waals surface area contributed by atoms with E-state index in [1.165, 1.54) is 0 Å². The second-order valence-corrected chi connectivity index (χ2v) is 6.31. The van der Waals surface area contributed by atoms with Crippen LogP contribution in [0.1, 0.15) is 39.5 Å². The SMILES string of the molecule is CCCC[n+]1noc(N)c1-c1cccc(-c2c(N)on[n+]2CCCC)c1.[Cl-].[Cl-]. The van der Waals surface area contributed by atoms with E-state index in [2.05, 4.69) is 24.4 Å². The minimum atomic E-state index is 0. The third kappa shape index (κ3) is 4.94. The summed E-state index contributed by atoms with van der Waals surface area (Å²) in [7, 11) is 0. The van der Waals surface area contributed by atoms with Gasteiger partial charge in [0.2, 0.25) is 10.5 Å². The zero-order valence-corrected chi connectivity index (χ0v) is 17.6. The molecule has 10 heteroatoms. The summed E-state index contributed by atoms with van der Waals surface area (Å²) in [5.41, 5.74) is 15.4.